The lowest BCUT2D eigenvalue weighted by Crippen LogP contribution is -2.25. The maximum atomic E-state index is 13.9. The normalized spacial score (nSPS) is 15.0. The zero-order valence-electron chi connectivity index (χ0n) is 16.0. The third kappa shape index (κ3) is 4.75. The molecule has 0 saturated heterocycles. The topological polar surface area (TPSA) is 64.4 Å². The molecule has 148 valence electrons. The molecule has 6 nitrogen and oxygen atoms in total. The lowest BCUT2D eigenvalue weighted by Gasteiger charge is -2.15. The molecule has 0 saturated carbocycles. The Bertz CT molecular complexity index is 902. The van der Waals surface area contributed by atoms with Gasteiger partial charge >= 0.3 is 0 Å². The maximum Gasteiger partial charge on any atom is 0.177 e. The average Bonchev–Trinajstić information content (AvgIpc) is 2.74. The number of benzene rings is 2. The largest absolute Gasteiger partial charge is 0.494 e. The Balaban J connectivity index is 1.58. The van der Waals surface area contributed by atoms with E-state index in [1.54, 1.807) is 38.1 Å². The summed E-state index contributed by atoms with van der Waals surface area (Å²) in [6.07, 6.45) is 0.770. The number of rotatable bonds is 7. The molecular weight excluding hydrogens is 381 g/mol. The number of ether oxygens (including phenoxy) is 3. The Morgan fingerprint density at radius 2 is 1.79 bits per heavy atom. The van der Waals surface area contributed by atoms with Crippen LogP contribution in [-0.2, 0) is 6.42 Å². The van der Waals surface area contributed by atoms with Crippen LogP contribution in [0, 0.1) is 5.82 Å². The van der Waals surface area contributed by atoms with Crippen LogP contribution in [0.4, 0.5) is 4.39 Å². The van der Waals surface area contributed by atoms with E-state index < -0.39 is 5.82 Å². The first kappa shape index (κ1) is 20.0. The molecule has 3 rings (SSSR count). The zero-order valence-corrected chi connectivity index (χ0v) is 16.8. The van der Waals surface area contributed by atoms with Gasteiger partial charge in [0.05, 0.1) is 27.0 Å². The number of halogens is 1. The van der Waals surface area contributed by atoms with Crippen molar-refractivity contribution in [1.82, 2.24) is 5.43 Å². The molecule has 1 aliphatic heterocycles. The van der Waals surface area contributed by atoms with Gasteiger partial charge in [-0.15, -0.1) is 0 Å². The van der Waals surface area contributed by atoms with Gasteiger partial charge < -0.3 is 14.2 Å². The van der Waals surface area contributed by atoms with Crippen LogP contribution in [0.5, 0.6) is 17.2 Å². The number of hydrazone groups is 1. The smallest absolute Gasteiger partial charge is 0.177 e. The summed E-state index contributed by atoms with van der Waals surface area (Å²) in [5, 5.41) is 5.07. The summed E-state index contributed by atoms with van der Waals surface area (Å²) < 4.78 is 29.4. The number of hydrogen-bond acceptors (Lipinski definition) is 6. The second kappa shape index (κ2) is 9.45. The molecule has 0 fully saturated rings. The monoisotopic (exact) mass is 403 g/mol. The fourth-order valence-corrected chi connectivity index (χ4v) is 3.51. The molecule has 2 aromatic rings. The summed E-state index contributed by atoms with van der Waals surface area (Å²) in [5.74, 6) is 1.85. The molecule has 1 heterocycles. The molecule has 0 aliphatic carbocycles. The van der Waals surface area contributed by atoms with Crippen molar-refractivity contribution in [2.45, 2.75) is 6.42 Å². The van der Waals surface area contributed by atoms with Crippen molar-refractivity contribution >= 4 is 22.6 Å². The van der Waals surface area contributed by atoms with Crippen LogP contribution in [0.3, 0.4) is 0 Å². The first-order valence-electron chi connectivity index (χ1n) is 8.69. The number of amidine groups is 1. The van der Waals surface area contributed by atoms with Crippen molar-refractivity contribution < 1.29 is 18.6 Å². The number of aliphatic imine (C=N–C) groups is 1. The Hall–Kier alpha value is -2.74. The highest BCUT2D eigenvalue weighted by Gasteiger charge is 2.15. The van der Waals surface area contributed by atoms with E-state index in [2.05, 4.69) is 15.5 Å². The van der Waals surface area contributed by atoms with Crippen LogP contribution in [0.2, 0.25) is 0 Å². The van der Waals surface area contributed by atoms with Crippen LogP contribution in [0.1, 0.15) is 11.1 Å². The van der Waals surface area contributed by atoms with Crippen molar-refractivity contribution in [3.05, 3.63) is 53.3 Å². The standard InChI is InChI=1S/C20H22FN3O3S/c1-25-17-7-5-14(11-15(17)21)16-12-28-20(24-23-16)22-9-8-13-4-6-18(26-2)19(10-13)27-3/h4-7,10-11H,8-9,12H2,1-3H3,(H,22,24). The Morgan fingerprint density at radius 1 is 1.04 bits per heavy atom. The minimum Gasteiger partial charge on any atom is -0.494 e. The van der Waals surface area contributed by atoms with Gasteiger partial charge in [0.1, 0.15) is 0 Å². The molecule has 1 aliphatic rings. The van der Waals surface area contributed by atoms with Crippen LogP contribution < -0.4 is 19.6 Å². The fraction of sp³-hybridized carbons (Fsp3) is 0.300. The van der Waals surface area contributed by atoms with E-state index >= 15 is 0 Å². The fourth-order valence-electron chi connectivity index (χ4n) is 2.71. The maximum absolute atomic E-state index is 13.9. The second-order valence-corrected chi connectivity index (χ2v) is 6.90. The van der Waals surface area contributed by atoms with E-state index in [9.17, 15) is 4.39 Å². The van der Waals surface area contributed by atoms with E-state index in [1.807, 2.05) is 18.2 Å². The number of methoxy groups -OCH3 is 3. The van der Waals surface area contributed by atoms with Crippen molar-refractivity contribution in [1.29, 1.82) is 0 Å². The third-order valence-corrected chi connectivity index (χ3v) is 5.13. The van der Waals surface area contributed by atoms with Crippen LogP contribution in [0.15, 0.2) is 46.5 Å². The highest BCUT2D eigenvalue weighted by atomic mass is 32.2. The minimum atomic E-state index is -0.401. The van der Waals surface area contributed by atoms with E-state index in [1.165, 1.54) is 13.2 Å². The first-order chi connectivity index (χ1) is 13.6. The predicted octanol–water partition coefficient (Wildman–Crippen LogP) is 3.49. The van der Waals surface area contributed by atoms with Gasteiger partial charge in [-0.3, -0.25) is 10.4 Å². The third-order valence-electron chi connectivity index (χ3n) is 4.22. The van der Waals surface area contributed by atoms with E-state index in [0.29, 0.717) is 23.8 Å². The van der Waals surface area contributed by atoms with Gasteiger partial charge in [0.2, 0.25) is 0 Å². The van der Waals surface area contributed by atoms with Crippen molar-refractivity contribution in [2.24, 2.45) is 10.1 Å². The summed E-state index contributed by atoms with van der Waals surface area (Å²) in [6, 6.07) is 10.7. The summed E-state index contributed by atoms with van der Waals surface area (Å²) in [4.78, 5) is 4.54. The molecule has 0 amide bonds. The number of thioether (sulfide) groups is 1. The van der Waals surface area contributed by atoms with Gasteiger partial charge in [-0.05, 0) is 42.3 Å². The molecule has 0 spiro atoms. The lowest BCUT2D eigenvalue weighted by molar-refractivity contribution is 0.354. The SMILES string of the molecule is COc1ccc(C2=NNC(=NCCc3ccc(OC)c(OC)c3)SC2)cc1F. The Labute approximate surface area is 167 Å². The lowest BCUT2D eigenvalue weighted by atomic mass is 10.1. The second-order valence-electron chi connectivity index (χ2n) is 5.93. The Kier molecular flexibility index (Phi) is 6.76. The average molecular weight is 403 g/mol. The van der Waals surface area contributed by atoms with Gasteiger partial charge in [0.15, 0.2) is 28.2 Å². The molecule has 1 N–H and O–H groups in total. The van der Waals surface area contributed by atoms with E-state index in [0.717, 1.165) is 28.4 Å². The zero-order chi connectivity index (χ0) is 19.9. The van der Waals surface area contributed by atoms with Gasteiger partial charge in [-0.25, -0.2) is 4.39 Å². The molecule has 0 atom stereocenters. The summed E-state index contributed by atoms with van der Waals surface area (Å²) in [6.45, 7) is 0.618. The predicted molar refractivity (Wildman–Crippen MR) is 111 cm³/mol. The van der Waals surface area contributed by atoms with Crippen LogP contribution >= 0.6 is 11.8 Å². The summed E-state index contributed by atoms with van der Waals surface area (Å²) in [5.41, 5.74) is 5.55. The number of nitrogens with one attached hydrogen (secondary N) is 1. The van der Waals surface area contributed by atoms with Crippen LogP contribution in [-0.4, -0.2) is 44.5 Å². The summed E-state index contributed by atoms with van der Waals surface area (Å²) >= 11 is 1.54. The molecule has 0 aromatic heterocycles. The molecule has 28 heavy (non-hydrogen) atoms. The molecule has 2 aromatic carbocycles. The quantitative estimate of drug-likeness (QED) is 0.767. The number of nitrogens with zero attached hydrogens (tertiary/aromatic N) is 2. The van der Waals surface area contributed by atoms with Gasteiger partial charge in [0, 0.05) is 17.9 Å². The molecule has 8 heteroatoms. The van der Waals surface area contributed by atoms with Gasteiger partial charge in [0.25, 0.3) is 0 Å². The highest BCUT2D eigenvalue weighted by Crippen LogP contribution is 2.27. The summed E-state index contributed by atoms with van der Waals surface area (Å²) in [7, 11) is 4.68. The van der Waals surface area contributed by atoms with Crippen molar-refractivity contribution in [3.63, 3.8) is 0 Å². The van der Waals surface area contributed by atoms with Crippen molar-refractivity contribution in [3.8, 4) is 17.2 Å². The van der Waals surface area contributed by atoms with Crippen LogP contribution in [0.25, 0.3) is 0 Å². The molecule has 0 unspecified atom stereocenters. The first-order valence-corrected chi connectivity index (χ1v) is 9.67. The highest BCUT2D eigenvalue weighted by molar-refractivity contribution is 8.14. The Morgan fingerprint density at radius 3 is 2.43 bits per heavy atom. The van der Waals surface area contributed by atoms with E-state index in [4.69, 9.17) is 14.2 Å². The van der Waals surface area contributed by atoms with E-state index in [-0.39, 0.29) is 5.75 Å². The minimum absolute atomic E-state index is 0.221. The number of hydrogen-bond donors (Lipinski definition) is 1. The van der Waals surface area contributed by atoms with Gasteiger partial charge in [-0.2, -0.15) is 5.10 Å². The molecule has 0 radical (unpaired) electrons. The van der Waals surface area contributed by atoms with Gasteiger partial charge in [-0.1, -0.05) is 17.8 Å². The van der Waals surface area contributed by atoms with Crippen molar-refractivity contribution in [2.75, 3.05) is 33.6 Å². The molecular formula is C20H22FN3O3S. The molecule has 0 bridgehead atoms.